The number of hydrogen-bond donors (Lipinski definition) is 2. The molecule has 3 aromatic heterocycles. The first-order chi connectivity index (χ1) is 12.4. The van der Waals surface area contributed by atoms with Gasteiger partial charge in [-0.2, -0.15) is 0 Å². The van der Waals surface area contributed by atoms with Gasteiger partial charge >= 0.3 is 0 Å². The summed E-state index contributed by atoms with van der Waals surface area (Å²) in [6, 6.07) is 2.72. The summed E-state index contributed by atoms with van der Waals surface area (Å²) < 4.78 is 0. The summed E-state index contributed by atoms with van der Waals surface area (Å²) in [5.74, 6) is 0.974. The fraction of sp³-hybridized carbons (Fsp3) is 0.444. The van der Waals surface area contributed by atoms with Crippen LogP contribution in [0.2, 0.25) is 0 Å². The van der Waals surface area contributed by atoms with Gasteiger partial charge in [-0.05, 0) is 18.9 Å². The Balaban J connectivity index is 1.49. The van der Waals surface area contributed by atoms with Crippen molar-refractivity contribution < 1.29 is 0 Å². The predicted molar refractivity (Wildman–Crippen MR) is 102 cm³/mol. The van der Waals surface area contributed by atoms with E-state index in [-0.39, 0.29) is 0 Å². The smallest absolute Gasteiger partial charge is 0.138 e. The Labute approximate surface area is 151 Å². The summed E-state index contributed by atoms with van der Waals surface area (Å²) in [7, 11) is 0. The number of fused-ring (bicyclic) bond motifs is 1. The Morgan fingerprint density at radius 1 is 1.00 bits per heavy atom. The van der Waals surface area contributed by atoms with Gasteiger partial charge in [-0.25, -0.2) is 19.9 Å². The van der Waals surface area contributed by atoms with Crippen LogP contribution in [-0.4, -0.2) is 26.0 Å². The molecule has 0 radical (unpaired) electrons. The maximum Gasteiger partial charge on any atom is 0.138 e. The molecule has 0 spiro atoms. The van der Waals surface area contributed by atoms with E-state index in [1.807, 2.05) is 0 Å². The Hall–Kier alpha value is -2.28. The summed E-state index contributed by atoms with van der Waals surface area (Å²) in [6.07, 6.45) is 14.6. The topological polar surface area (TPSA) is 75.6 Å². The number of nitrogens with zero attached hydrogens (tertiary/aromatic N) is 4. The normalized spacial score (nSPS) is 15.8. The molecule has 0 aromatic carbocycles. The van der Waals surface area contributed by atoms with Gasteiger partial charge in [-0.3, -0.25) is 0 Å². The molecule has 6 nitrogen and oxygen atoms in total. The number of rotatable bonds is 5. The van der Waals surface area contributed by atoms with Crippen LogP contribution in [0.1, 0.15) is 43.4 Å². The Morgan fingerprint density at radius 3 is 2.60 bits per heavy atom. The molecule has 1 fully saturated rings. The van der Waals surface area contributed by atoms with Gasteiger partial charge in [-0.1, -0.05) is 25.7 Å². The third-order valence-corrected chi connectivity index (χ3v) is 5.65. The highest BCUT2D eigenvalue weighted by Gasteiger charge is 2.15. The molecule has 4 rings (SSSR count). The summed E-state index contributed by atoms with van der Waals surface area (Å²) in [6.45, 7) is 0.733. The zero-order valence-electron chi connectivity index (χ0n) is 14.1. The van der Waals surface area contributed by atoms with Crippen LogP contribution in [0.4, 0.5) is 11.5 Å². The Kier molecular flexibility index (Phi) is 5.01. The van der Waals surface area contributed by atoms with E-state index in [0.29, 0.717) is 6.04 Å². The average molecular weight is 354 g/mol. The first kappa shape index (κ1) is 16.2. The summed E-state index contributed by atoms with van der Waals surface area (Å²) >= 11 is 1.70. The highest BCUT2D eigenvalue weighted by Crippen LogP contribution is 2.30. The van der Waals surface area contributed by atoms with E-state index in [1.165, 1.54) is 49.7 Å². The Bertz CT molecular complexity index is 811. The van der Waals surface area contributed by atoms with Gasteiger partial charge in [-0.15, -0.1) is 11.3 Å². The zero-order valence-corrected chi connectivity index (χ0v) is 14.9. The highest BCUT2D eigenvalue weighted by atomic mass is 32.1. The second-order valence-electron chi connectivity index (χ2n) is 6.47. The lowest BCUT2D eigenvalue weighted by molar-refractivity contribution is 0.618. The summed E-state index contributed by atoms with van der Waals surface area (Å²) in [5.41, 5.74) is 0.919. The average Bonchev–Trinajstić information content (AvgIpc) is 2.90. The number of thiophene rings is 1. The summed E-state index contributed by atoms with van der Waals surface area (Å²) in [5, 5.41) is 8.14. The number of hydrogen-bond acceptors (Lipinski definition) is 7. The molecule has 0 unspecified atom stereocenters. The van der Waals surface area contributed by atoms with E-state index in [1.54, 1.807) is 30.1 Å². The van der Waals surface area contributed by atoms with Crippen molar-refractivity contribution in [2.24, 2.45) is 0 Å². The van der Waals surface area contributed by atoms with Crippen molar-refractivity contribution in [1.29, 1.82) is 0 Å². The number of anilines is 2. The minimum atomic E-state index is 0.531. The second kappa shape index (κ2) is 7.74. The van der Waals surface area contributed by atoms with Crippen LogP contribution in [-0.2, 0) is 6.54 Å². The van der Waals surface area contributed by atoms with Crippen molar-refractivity contribution in [1.82, 2.24) is 19.9 Å². The SMILES string of the molecule is c1ncc(NCc2cc3c(NC4CCCCCC4)ncnc3s2)cn1. The lowest BCUT2D eigenvalue weighted by Crippen LogP contribution is -2.19. The molecular formula is C18H22N6S. The second-order valence-corrected chi connectivity index (χ2v) is 7.58. The number of aromatic nitrogens is 4. The highest BCUT2D eigenvalue weighted by molar-refractivity contribution is 7.18. The molecule has 0 saturated heterocycles. The quantitative estimate of drug-likeness (QED) is 0.668. The molecule has 0 atom stereocenters. The van der Waals surface area contributed by atoms with Gasteiger partial charge in [0.05, 0.1) is 23.5 Å². The molecule has 3 aromatic rings. The first-order valence-corrected chi connectivity index (χ1v) is 9.69. The molecule has 0 amide bonds. The van der Waals surface area contributed by atoms with Crippen molar-refractivity contribution in [2.45, 2.75) is 51.1 Å². The molecule has 0 aliphatic heterocycles. The predicted octanol–water partition coefficient (Wildman–Crippen LogP) is 4.23. The fourth-order valence-electron chi connectivity index (χ4n) is 3.30. The molecule has 1 aliphatic rings. The van der Waals surface area contributed by atoms with E-state index in [9.17, 15) is 0 Å². The van der Waals surface area contributed by atoms with Gasteiger partial charge in [0.25, 0.3) is 0 Å². The van der Waals surface area contributed by atoms with Crippen LogP contribution in [0.3, 0.4) is 0 Å². The monoisotopic (exact) mass is 354 g/mol. The molecule has 2 N–H and O–H groups in total. The lowest BCUT2D eigenvalue weighted by Gasteiger charge is -2.17. The lowest BCUT2D eigenvalue weighted by atomic mass is 10.1. The minimum Gasteiger partial charge on any atom is -0.378 e. The van der Waals surface area contributed by atoms with Crippen LogP contribution in [0.25, 0.3) is 10.2 Å². The summed E-state index contributed by atoms with van der Waals surface area (Å²) in [4.78, 5) is 19.3. The van der Waals surface area contributed by atoms with Crippen LogP contribution in [0.5, 0.6) is 0 Å². The zero-order chi connectivity index (χ0) is 16.9. The third-order valence-electron chi connectivity index (χ3n) is 4.60. The van der Waals surface area contributed by atoms with Crippen molar-refractivity contribution in [3.8, 4) is 0 Å². The molecule has 0 bridgehead atoms. The molecule has 3 heterocycles. The van der Waals surface area contributed by atoms with Crippen molar-refractivity contribution in [3.05, 3.63) is 36.0 Å². The van der Waals surface area contributed by atoms with Crippen molar-refractivity contribution in [3.63, 3.8) is 0 Å². The van der Waals surface area contributed by atoms with Gasteiger partial charge in [0.2, 0.25) is 0 Å². The molecule has 25 heavy (non-hydrogen) atoms. The van der Waals surface area contributed by atoms with Crippen LogP contribution >= 0.6 is 11.3 Å². The standard InChI is InChI=1S/C18H22N6S/c1-2-4-6-13(5-3-1)24-17-16-7-15(25-18(16)23-12-22-17)10-21-14-8-19-11-20-9-14/h7-9,11-13,21H,1-6,10H2,(H,22,23,24). The van der Waals surface area contributed by atoms with Crippen LogP contribution in [0, 0.1) is 0 Å². The van der Waals surface area contributed by atoms with E-state index < -0.39 is 0 Å². The van der Waals surface area contributed by atoms with E-state index in [4.69, 9.17) is 0 Å². The molecular weight excluding hydrogens is 332 g/mol. The van der Waals surface area contributed by atoms with Crippen molar-refractivity contribution in [2.75, 3.05) is 10.6 Å². The van der Waals surface area contributed by atoms with Crippen LogP contribution in [0.15, 0.2) is 31.1 Å². The van der Waals surface area contributed by atoms with Gasteiger partial charge in [0.15, 0.2) is 0 Å². The van der Waals surface area contributed by atoms with Crippen LogP contribution < -0.4 is 10.6 Å². The fourth-order valence-corrected chi connectivity index (χ4v) is 4.24. The molecule has 7 heteroatoms. The maximum atomic E-state index is 4.51. The van der Waals surface area contributed by atoms with Gasteiger partial charge in [0, 0.05) is 17.5 Å². The maximum absolute atomic E-state index is 4.51. The van der Waals surface area contributed by atoms with E-state index in [2.05, 4.69) is 36.6 Å². The van der Waals surface area contributed by atoms with Crippen molar-refractivity contribution >= 4 is 33.1 Å². The first-order valence-electron chi connectivity index (χ1n) is 8.87. The van der Waals surface area contributed by atoms with Gasteiger partial charge in [0.1, 0.15) is 23.3 Å². The molecule has 1 saturated carbocycles. The van der Waals surface area contributed by atoms with E-state index in [0.717, 1.165) is 28.3 Å². The Morgan fingerprint density at radius 2 is 1.80 bits per heavy atom. The third kappa shape index (κ3) is 4.04. The minimum absolute atomic E-state index is 0.531. The number of nitrogens with one attached hydrogen (secondary N) is 2. The molecule has 1 aliphatic carbocycles. The van der Waals surface area contributed by atoms with Gasteiger partial charge < -0.3 is 10.6 Å². The largest absolute Gasteiger partial charge is 0.378 e. The molecule has 130 valence electrons. The van der Waals surface area contributed by atoms with E-state index >= 15 is 0 Å².